The lowest BCUT2D eigenvalue weighted by molar-refractivity contribution is -0.138. The van der Waals surface area contributed by atoms with Crippen molar-refractivity contribution in [1.29, 1.82) is 0 Å². The molecule has 0 saturated carbocycles. The first kappa shape index (κ1) is 21.9. The number of hydrogen-bond acceptors (Lipinski definition) is 5. The van der Waals surface area contributed by atoms with Crippen molar-refractivity contribution >= 4 is 29.1 Å². The van der Waals surface area contributed by atoms with Crippen molar-refractivity contribution in [2.45, 2.75) is 13.0 Å². The first-order valence-electron chi connectivity index (χ1n) is 10.8. The molecule has 5 rings (SSSR count). The second-order valence-electron chi connectivity index (χ2n) is 8.04. The molecule has 9 heteroatoms. The highest BCUT2D eigenvalue weighted by atomic mass is 35.5. The molecule has 3 N–H and O–H groups in total. The second-order valence-corrected chi connectivity index (χ2v) is 8.42. The minimum atomic E-state index is -0.964. The van der Waals surface area contributed by atoms with Gasteiger partial charge in [-0.15, -0.1) is 0 Å². The molecular formula is C25H23ClN4O4. The van der Waals surface area contributed by atoms with Crippen LogP contribution >= 0.6 is 11.6 Å². The van der Waals surface area contributed by atoms with Gasteiger partial charge in [0.25, 0.3) is 0 Å². The number of anilines is 2. The van der Waals surface area contributed by atoms with Crippen LogP contribution in [0.4, 0.5) is 11.5 Å². The monoisotopic (exact) mass is 478 g/mol. The summed E-state index contributed by atoms with van der Waals surface area (Å²) in [4.78, 5) is 15.4. The number of nitrogens with zero attached hydrogens (tertiary/aromatic N) is 2. The molecule has 0 unspecified atom stereocenters. The highest BCUT2D eigenvalue weighted by molar-refractivity contribution is 6.36. The molecular weight excluding hydrogens is 456 g/mol. The Morgan fingerprint density at radius 2 is 1.91 bits per heavy atom. The van der Waals surface area contributed by atoms with Crippen molar-refractivity contribution in [3.05, 3.63) is 65.0 Å². The molecule has 34 heavy (non-hydrogen) atoms. The molecule has 2 aromatic carbocycles. The molecule has 2 aromatic rings. The van der Waals surface area contributed by atoms with E-state index in [1.54, 1.807) is 13.0 Å². The molecule has 3 aliphatic rings. The van der Waals surface area contributed by atoms with Gasteiger partial charge in [0, 0.05) is 18.2 Å². The van der Waals surface area contributed by atoms with Crippen LogP contribution in [0.25, 0.3) is 22.4 Å². The van der Waals surface area contributed by atoms with E-state index < -0.39 is 12.0 Å². The zero-order chi connectivity index (χ0) is 23.8. The normalized spacial score (nSPS) is 14.3. The number of aliphatic carboxylic acids is 1. The fourth-order valence-electron chi connectivity index (χ4n) is 3.95. The Balaban J connectivity index is 1.48. The maximum Gasteiger partial charge on any atom is 0.328 e. The third-order valence-corrected chi connectivity index (χ3v) is 6.11. The van der Waals surface area contributed by atoms with Gasteiger partial charge in [0.05, 0.1) is 21.8 Å². The summed E-state index contributed by atoms with van der Waals surface area (Å²) >= 11 is 6.82. The molecule has 0 aromatic heterocycles. The van der Waals surface area contributed by atoms with Gasteiger partial charge in [0.1, 0.15) is 25.1 Å². The average molecular weight is 479 g/mol. The van der Waals surface area contributed by atoms with Crippen LogP contribution in [0.3, 0.4) is 0 Å². The Bertz CT molecular complexity index is 1420. The Kier molecular flexibility index (Phi) is 5.67. The lowest BCUT2D eigenvalue weighted by atomic mass is 10.0. The number of fused-ring (bicyclic) bond motifs is 2. The number of carboxylic acids is 1. The van der Waals surface area contributed by atoms with E-state index in [-0.39, 0.29) is 0 Å². The third kappa shape index (κ3) is 4.08. The number of carboxylic acid groups (broad SMARTS) is 1. The van der Waals surface area contributed by atoms with Crippen LogP contribution in [0.15, 0.2) is 59.6 Å². The summed E-state index contributed by atoms with van der Waals surface area (Å²) in [5.74, 6) is 1.23. The zero-order valence-corrected chi connectivity index (χ0v) is 19.4. The molecule has 0 amide bonds. The van der Waals surface area contributed by atoms with E-state index >= 15 is 0 Å². The zero-order valence-electron chi connectivity index (χ0n) is 18.6. The van der Waals surface area contributed by atoms with E-state index in [0.717, 1.165) is 39.6 Å². The number of halogens is 1. The van der Waals surface area contributed by atoms with E-state index in [4.69, 9.17) is 26.2 Å². The van der Waals surface area contributed by atoms with Gasteiger partial charge in [0.15, 0.2) is 11.5 Å². The minimum absolute atomic E-state index is 0.521. The molecule has 2 heterocycles. The molecule has 0 spiro atoms. The van der Waals surface area contributed by atoms with Gasteiger partial charge < -0.3 is 19.9 Å². The standard InChI is InChI=1S/C25H23ClN4O4/c1-14(25(31)32)27-16-7-8-18-20(13-16)30(2)29-24(18)28-19-5-3-4-17(23(19)26)15-6-9-21-22(12-15)34-11-10-33-21/h3-9,12-14,28-29H,10-11H2,1-2H3,(H,31,32)/t14-/m0/s1. The van der Waals surface area contributed by atoms with Crippen molar-refractivity contribution in [1.82, 2.24) is 9.78 Å². The van der Waals surface area contributed by atoms with Gasteiger partial charge >= 0.3 is 5.97 Å². The van der Waals surface area contributed by atoms with E-state index in [1.165, 1.54) is 0 Å². The summed E-state index contributed by atoms with van der Waals surface area (Å²) in [5.41, 5.74) is 4.34. The number of aromatic amines is 1. The van der Waals surface area contributed by atoms with Gasteiger partial charge in [-0.2, -0.15) is 0 Å². The SMILES string of the molecule is C[C@H](N=c1ccc2c(Nc3cccc(-c4ccc5c(c4)OCCO5)c3Cl)[nH]n(C)c-2c1)C(=O)O. The molecule has 2 aliphatic heterocycles. The quantitative estimate of drug-likeness (QED) is 0.387. The molecule has 174 valence electrons. The number of rotatable bonds is 5. The third-order valence-electron chi connectivity index (χ3n) is 5.70. The van der Waals surface area contributed by atoms with Gasteiger partial charge in [-0.3, -0.25) is 14.8 Å². The Labute approximate surface area is 200 Å². The Morgan fingerprint density at radius 3 is 2.71 bits per heavy atom. The minimum Gasteiger partial charge on any atom is -0.486 e. The highest BCUT2D eigenvalue weighted by Crippen LogP contribution is 2.40. The average Bonchev–Trinajstić information content (AvgIpc) is 3.14. The van der Waals surface area contributed by atoms with Crippen molar-refractivity contribution in [2.75, 3.05) is 18.5 Å². The topological polar surface area (TPSA) is 101 Å². The largest absolute Gasteiger partial charge is 0.486 e. The van der Waals surface area contributed by atoms with E-state index in [2.05, 4.69) is 15.4 Å². The first-order chi connectivity index (χ1) is 16.4. The van der Waals surface area contributed by atoms with Gasteiger partial charge in [0.2, 0.25) is 0 Å². The number of carbonyl (C=O) groups is 1. The lowest BCUT2D eigenvalue weighted by Gasteiger charge is -2.19. The van der Waals surface area contributed by atoms with Gasteiger partial charge in [-0.25, -0.2) is 4.79 Å². The molecule has 0 saturated heterocycles. The number of nitrogens with one attached hydrogen (secondary N) is 2. The van der Waals surface area contributed by atoms with Crippen LogP contribution in [0.2, 0.25) is 5.02 Å². The van der Waals surface area contributed by atoms with Crippen molar-refractivity contribution in [2.24, 2.45) is 12.0 Å². The van der Waals surface area contributed by atoms with Crippen molar-refractivity contribution in [3.63, 3.8) is 0 Å². The predicted octanol–water partition coefficient (Wildman–Crippen LogP) is 4.67. The van der Waals surface area contributed by atoms with Crippen molar-refractivity contribution in [3.8, 4) is 33.9 Å². The summed E-state index contributed by atoms with van der Waals surface area (Å²) in [6, 6.07) is 16.3. The number of ether oxygens (including phenoxy) is 2. The Morgan fingerprint density at radius 1 is 1.12 bits per heavy atom. The summed E-state index contributed by atoms with van der Waals surface area (Å²) in [7, 11) is 1.88. The van der Waals surface area contributed by atoms with Crippen LogP contribution in [0.1, 0.15) is 6.92 Å². The number of H-pyrrole nitrogens is 1. The fraction of sp³-hybridized carbons (Fsp3) is 0.200. The summed E-state index contributed by atoms with van der Waals surface area (Å²) in [5, 5.41) is 17.0. The molecule has 0 fully saturated rings. The summed E-state index contributed by atoms with van der Waals surface area (Å²) in [6.45, 7) is 2.61. The van der Waals surface area contributed by atoms with Gasteiger partial charge in [-0.05, 0) is 48.9 Å². The molecule has 0 radical (unpaired) electrons. The smallest absolute Gasteiger partial charge is 0.328 e. The van der Waals surface area contributed by atoms with Crippen LogP contribution in [-0.2, 0) is 11.8 Å². The molecule has 0 bridgehead atoms. The Hall–Kier alpha value is -3.91. The van der Waals surface area contributed by atoms with Gasteiger partial charge in [-0.1, -0.05) is 29.8 Å². The maximum atomic E-state index is 11.1. The number of aryl methyl sites for hydroxylation is 1. The van der Waals surface area contributed by atoms with Crippen LogP contribution in [0.5, 0.6) is 11.5 Å². The molecule has 8 nitrogen and oxygen atoms in total. The maximum absolute atomic E-state index is 11.1. The van der Waals surface area contributed by atoms with Crippen LogP contribution in [0, 0.1) is 0 Å². The van der Waals surface area contributed by atoms with Crippen molar-refractivity contribution < 1.29 is 19.4 Å². The number of hydrogen-bond donors (Lipinski definition) is 3. The molecule has 1 aliphatic carbocycles. The first-order valence-corrected chi connectivity index (χ1v) is 11.2. The number of benzene rings is 3. The van der Waals surface area contributed by atoms with E-state index in [1.807, 2.05) is 60.3 Å². The molecule has 1 atom stereocenters. The highest BCUT2D eigenvalue weighted by Gasteiger charge is 2.18. The lowest BCUT2D eigenvalue weighted by Crippen LogP contribution is -2.17. The number of aromatic nitrogens is 2. The summed E-state index contributed by atoms with van der Waals surface area (Å²) in [6.07, 6.45) is 0. The summed E-state index contributed by atoms with van der Waals surface area (Å²) < 4.78 is 13.2. The predicted molar refractivity (Wildman–Crippen MR) is 130 cm³/mol. The van der Waals surface area contributed by atoms with E-state index in [0.29, 0.717) is 29.3 Å². The second kappa shape index (κ2) is 8.79. The fourth-order valence-corrected chi connectivity index (χ4v) is 4.23. The van der Waals surface area contributed by atoms with Crippen LogP contribution < -0.4 is 20.1 Å². The van der Waals surface area contributed by atoms with Crippen LogP contribution in [-0.4, -0.2) is 40.1 Å². The van der Waals surface area contributed by atoms with E-state index in [9.17, 15) is 4.79 Å².